The number of aryl methyl sites for hydroxylation is 1. The molecule has 2 N–H and O–H groups in total. The van der Waals surface area contributed by atoms with Gasteiger partial charge in [0, 0.05) is 6.54 Å². The van der Waals surface area contributed by atoms with Gasteiger partial charge in [0.2, 0.25) is 10.0 Å². The maximum Gasteiger partial charge on any atom is 0.408 e. The van der Waals surface area contributed by atoms with Gasteiger partial charge in [0.1, 0.15) is 5.60 Å². The Balaban J connectivity index is 2.42. The number of carboxylic acids is 1. The van der Waals surface area contributed by atoms with Crippen LogP contribution in [0.3, 0.4) is 0 Å². The van der Waals surface area contributed by atoms with Crippen LogP contribution in [0.5, 0.6) is 0 Å². The van der Waals surface area contributed by atoms with Crippen LogP contribution in [0, 0.1) is 6.92 Å². The van der Waals surface area contributed by atoms with Gasteiger partial charge < -0.3 is 20.0 Å². The number of benzene rings is 1. The number of carbonyl (C=O) groups excluding carboxylic acids is 2. The summed E-state index contributed by atoms with van der Waals surface area (Å²) in [5, 5.41) is 13.4. The average Bonchev–Trinajstić information content (AvgIpc) is 2.51. The number of alkyl carbamates (subject to hydrolysis) is 1. The van der Waals surface area contributed by atoms with Crippen LogP contribution in [-0.4, -0.2) is 38.7 Å². The van der Waals surface area contributed by atoms with Crippen molar-refractivity contribution in [1.29, 1.82) is 0 Å². The molecular weight excluding hydrogens is 372 g/mol. The minimum Gasteiger partial charge on any atom is -0.548 e. The molecule has 0 unspecified atom stereocenters. The summed E-state index contributed by atoms with van der Waals surface area (Å²) in [7, 11) is -3.60. The van der Waals surface area contributed by atoms with Crippen molar-refractivity contribution in [3.63, 3.8) is 0 Å². The summed E-state index contributed by atoms with van der Waals surface area (Å²) in [4.78, 5) is 23.0. The van der Waals surface area contributed by atoms with Crippen molar-refractivity contribution in [2.75, 3.05) is 6.54 Å². The topological polar surface area (TPSA) is 125 Å². The number of nitrogens with one attached hydrogen (secondary N) is 2. The van der Waals surface area contributed by atoms with Crippen molar-refractivity contribution in [2.45, 2.75) is 63.5 Å². The average molecular weight is 399 g/mol. The third-order valence-corrected chi connectivity index (χ3v) is 5.00. The summed E-state index contributed by atoms with van der Waals surface area (Å²) in [6.07, 6.45) is 0.0561. The minimum absolute atomic E-state index is 0.105. The zero-order chi connectivity index (χ0) is 20.7. The van der Waals surface area contributed by atoms with Gasteiger partial charge in [-0.05, 0) is 59.1 Å². The molecule has 1 aromatic rings. The molecule has 27 heavy (non-hydrogen) atoms. The zero-order valence-electron chi connectivity index (χ0n) is 16.1. The Hall–Kier alpha value is -2.13. The van der Waals surface area contributed by atoms with Gasteiger partial charge in [-0.3, -0.25) is 0 Å². The van der Waals surface area contributed by atoms with E-state index in [1.54, 1.807) is 32.9 Å². The quantitative estimate of drug-likeness (QED) is 0.599. The summed E-state index contributed by atoms with van der Waals surface area (Å²) in [6.45, 7) is 7.02. The second kappa shape index (κ2) is 9.70. The molecule has 0 fully saturated rings. The summed E-state index contributed by atoms with van der Waals surface area (Å²) in [5.41, 5.74) is 0.217. The fourth-order valence-corrected chi connectivity index (χ4v) is 3.25. The van der Waals surface area contributed by atoms with E-state index in [0.717, 1.165) is 5.56 Å². The molecule has 0 heterocycles. The largest absolute Gasteiger partial charge is 0.548 e. The van der Waals surface area contributed by atoms with Gasteiger partial charge in [-0.2, -0.15) is 0 Å². The molecule has 1 rings (SSSR count). The third kappa shape index (κ3) is 8.87. The Morgan fingerprint density at radius 3 is 2.26 bits per heavy atom. The standard InChI is InChI=1S/C18H28N2O6S/c1-13-8-10-14(11-9-13)27(24,25)19-12-6-5-7-15(16(21)22)20-17(23)26-18(2,3)4/h8-11,15,19H,5-7,12H2,1-4H3,(H,20,23)(H,21,22)/p-1/t15-/m1/s1. The van der Waals surface area contributed by atoms with Crippen molar-refractivity contribution in [2.24, 2.45) is 0 Å². The van der Waals surface area contributed by atoms with Gasteiger partial charge in [0.25, 0.3) is 0 Å². The van der Waals surface area contributed by atoms with E-state index in [2.05, 4.69) is 10.0 Å². The molecule has 0 aliphatic carbocycles. The van der Waals surface area contributed by atoms with Crippen LogP contribution in [-0.2, 0) is 19.6 Å². The molecule has 0 spiro atoms. The third-order valence-electron chi connectivity index (χ3n) is 3.52. The van der Waals surface area contributed by atoms with Crippen molar-refractivity contribution in [3.8, 4) is 0 Å². The maximum absolute atomic E-state index is 12.1. The van der Waals surface area contributed by atoms with Crippen molar-refractivity contribution < 1.29 is 27.9 Å². The molecule has 0 bridgehead atoms. The van der Waals surface area contributed by atoms with E-state index in [9.17, 15) is 23.1 Å². The number of carbonyl (C=O) groups is 2. The summed E-state index contributed by atoms with van der Waals surface area (Å²) < 4.78 is 31.8. The van der Waals surface area contributed by atoms with Crippen LogP contribution < -0.4 is 15.1 Å². The van der Waals surface area contributed by atoms with Gasteiger partial charge >= 0.3 is 6.09 Å². The molecule has 0 aliphatic rings. The molecule has 1 atom stereocenters. The van der Waals surface area contributed by atoms with E-state index >= 15 is 0 Å². The first-order chi connectivity index (χ1) is 12.4. The molecule has 152 valence electrons. The molecule has 0 aromatic heterocycles. The number of unbranched alkanes of at least 4 members (excludes halogenated alkanes) is 1. The monoisotopic (exact) mass is 399 g/mol. The van der Waals surface area contributed by atoms with Crippen LogP contribution >= 0.6 is 0 Å². The molecule has 8 nitrogen and oxygen atoms in total. The normalized spacial score (nSPS) is 13.0. The van der Waals surface area contributed by atoms with E-state index in [1.165, 1.54) is 12.1 Å². The Morgan fingerprint density at radius 1 is 1.15 bits per heavy atom. The first-order valence-corrected chi connectivity index (χ1v) is 10.2. The van der Waals surface area contributed by atoms with Crippen LogP contribution in [0.25, 0.3) is 0 Å². The zero-order valence-corrected chi connectivity index (χ0v) is 16.9. The van der Waals surface area contributed by atoms with E-state index in [1.807, 2.05) is 6.92 Å². The number of amides is 1. The highest BCUT2D eigenvalue weighted by Crippen LogP contribution is 2.11. The van der Waals surface area contributed by atoms with E-state index < -0.39 is 33.7 Å². The lowest BCUT2D eigenvalue weighted by atomic mass is 10.1. The number of rotatable bonds is 9. The fourth-order valence-electron chi connectivity index (χ4n) is 2.18. The lowest BCUT2D eigenvalue weighted by Gasteiger charge is -2.24. The lowest BCUT2D eigenvalue weighted by Crippen LogP contribution is -2.49. The Morgan fingerprint density at radius 2 is 1.74 bits per heavy atom. The van der Waals surface area contributed by atoms with E-state index in [0.29, 0.717) is 12.8 Å². The van der Waals surface area contributed by atoms with Crippen LogP contribution in [0.1, 0.15) is 45.6 Å². The maximum atomic E-state index is 12.1. The molecular formula is C18H27N2O6S-. The molecule has 0 saturated heterocycles. The number of carboxylic acid groups (broad SMARTS) is 1. The molecule has 0 saturated carbocycles. The van der Waals surface area contributed by atoms with Crippen molar-refractivity contribution in [1.82, 2.24) is 10.0 Å². The van der Waals surface area contributed by atoms with E-state index in [-0.39, 0.29) is 17.9 Å². The fraction of sp³-hybridized carbons (Fsp3) is 0.556. The number of aliphatic carboxylic acids is 1. The predicted octanol–water partition coefficient (Wildman–Crippen LogP) is 1.09. The van der Waals surface area contributed by atoms with Gasteiger partial charge in [0.05, 0.1) is 16.9 Å². The first kappa shape index (κ1) is 22.9. The van der Waals surface area contributed by atoms with Crippen LogP contribution in [0.2, 0.25) is 0 Å². The SMILES string of the molecule is Cc1ccc(S(=O)(=O)NCCCC[C@@H](NC(=O)OC(C)(C)C)C(=O)[O-])cc1. The first-order valence-electron chi connectivity index (χ1n) is 8.67. The van der Waals surface area contributed by atoms with Crippen LogP contribution in [0.4, 0.5) is 4.79 Å². The van der Waals surface area contributed by atoms with Gasteiger partial charge in [-0.15, -0.1) is 0 Å². The number of hydrogen-bond acceptors (Lipinski definition) is 6. The van der Waals surface area contributed by atoms with Gasteiger partial charge in [0.15, 0.2) is 0 Å². The van der Waals surface area contributed by atoms with E-state index in [4.69, 9.17) is 4.74 Å². The van der Waals surface area contributed by atoms with Crippen molar-refractivity contribution >= 4 is 22.1 Å². The van der Waals surface area contributed by atoms with Crippen molar-refractivity contribution in [3.05, 3.63) is 29.8 Å². The molecule has 1 aromatic carbocycles. The Bertz CT molecular complexity index is 738. The predicted molar refractivity (Wildman–Crippen MR) is 98.4 cm³/mol. The number of sulfonamides is 1. The molecule has 0 aliphatic heterocycles. The number of hydrogen-bond donors (Lipinski definition) is 2. The minimum atomic E-state index is -3.60. The smallest absolute Gasteiger partial charge is 0.408 e. The van der Waals surface area contributed by atoms with Gasteiger partial charge in [-0.25, -0.2) is 17.9 Å². The summed E-state index contributed by atoms with van der Waals surface area (Å²) in [5.74, 6) is -1.42. The second-order valence-corrected chi connectivity index (χ2v) is 8.99. The second-order valence-electron chi connectivity index (χ2n) is 7.22. The highest BCUT2D eigenvalue weighted by atomic mass is 32.2. The lowest BCUT2D eigenvalue weighted by molar-refractivity contribution is -0.308. The van der Waals surface area contributed by atoms with Gasteiger partial charge in [-0.1, -0.05) is 17.7 Å². The highest BCUT2D eigenvalue weighted by molar-refractivity contribution is 7.89. The Labute approximate surface area is 160 Å². The Kier molecular flexibility index (Phi) is 8.23. The molecule has 9 heteroatoms. The molecule has 0 radical (unpaired) electrons. The highest BCUT2D eigenvalue weighted by Gasteiger charge is 2.20. The summed E-state index contributed by atoms with van der Waals surface area (Å²) >= 11 is 0. The number of ether oxygens (including phenoxy) is 1. The van der Waals surface area contributed by atoms with Crippen LogP contribution in [0.15, 0.2) is 29.2 Å². The molecule has 1 amide bonds. The summed E-state index contributed by atoms with van der Waals surface area (Å²) in [6, 6.07) is 5.26.